The van der Waals surface area contributed by atoms with Gasteiger partial charge in [0.05, 0.1) is 12.8 Å². The molecule has 2 aromatic carbocycles. The highest BCUT2D eigenvalue weighted by Crippen LogP contribution is 2.29. The Kier molecular flexibility index (Phi) is 7.08. The molecule has 0 aliphatic carbocycles. The number of hydrogen-bond acceptors (Lipinski definition) is 6. The molecule has 0 fully saturated rings. The molecular formula is C21H24N4O2S. The Morgan fingerprint density at radius 3 is 2.57 bits per heavy atom. The van der Waals surface area contributed by atoms with E-state index in [4.69, 9.17) is 9.47 Å². The first-order valence-electron chi connectivity index (χ1n) is 9.21. The minimum Gasteiger partial charge on any atom is -0.490 e. The van der Waals surface area contributed by atoms with E-state index < -0.39 is 0 Å². The Morgan fingerprint density at radius 2 is 1.86 bits per heavy atom. The summed E-state index contributed by atoms with van der Waals surface area (Å²) in [4.78, 5) is 0. The van der Waals surface area contributed by atoms with Gasteiger partial charge in [0.2, 0.25) is 5.16 Å². The van der Waals surface area contributed by atoms with Gasteiger partial charge in [0.15, 0.2) is 17.3 Å². The molecule has 1 aromatic heterocycles. The van der Waals surface area contributed by atoms with Gasteiger partial charge in [-0.25, -0.2) is 0 Å². The highest BCUT2D eigenvalue weighted by molar-refractivity contribution is 7.98. The fraction of sp³-hybridized carbons (Fsp3) is 0.286. The Morgan fingerprint density at radius 1 is 1.04 bits per heavy atom. The van der Waals surface area contributed by atoms with E-state index in [0.29, 0.717) is 24.7 Å². The van der Waals surface area contributed by atoms with E-state index in [1.54, 1.807) is 10.9 Å². The second-order valence-corrected chi connectivity index (χ2v) is 6.70. The summed E-state index contributed by atoms with van der Waals surface area (Å²) in [6, 6.07) is 15.9. The summed E-state index contributed by atoms with van der Waals surface area (Å²) in [5.41, 5.74) is 2.03. The number of nitrogens with zero attached hydrogens (tertiary/aromatic N) is 4. The average Bonchev–Trinajstić information content (AvgIpc) is 3.14. The summed E-state index contributed by atoms with van der Waals surface area (Å²) >= 11 is 1.52. The number of benzene rings is 2. The van der Waals surface area contributed by atoms with Gasteiger partial charge in [0.25, 0.3) is 0 Å². The van der Waals surface area contributed by atoms with Crippen LogP contribution in [0, 0.1) is 0 Å². The van der Waals surface area contributed by atoms with Crippen molar-refractivity contribution in [3.8, 4) is 11.5 Å². The monoisotopic (exact) mass is 396 g/mol. The summed E-state index contributed by atoms with van der Waals surface area (Å²) in [5.74, 6) is 2.24. The topological polar surface area (TPSA) is 61.5 Å². The Bertz CT molecular complexity index is 904. The summed E-state index contributed by atoms with van der Waals surface area (Å²) in [7, 11) is 0. The van der Waals surface area contributed by atoms with Gasteiger partial charge in [-0.2, -0.15) is 9.78 Å². The molecule has 0 radical (unpaired) electrons. The highest BCUT2D eigenvalue weighted by Gasteiger charge is 2.09. The molecule has 0 saturated carbocycles. The van der Waals surface area contributed by atoms with Crippen LogP contribution in [0.4, 0.5) is 0 Å². The van der Waals surface area contributed by atoms with E-state index in [2.05, 4.69) is 15.3 Å². The lowest BCUT2D eigenvalue weighted by Gasteiger charge is -2.12. The van der Waals surface area contributed by atoms with Crippen molar-refractivity contribution in [2.45, 2.75) is 32.0 Å². The number of aryl methyl sites for hydroxylation is 1. The zero-order valence-corrected chi connectivity index (χ0v) is 17.1. The zero-order chi connectivity index (χ0) is 19.8. The van der Waals surface area contributed by atoms with E-state index in [-0.39, 0.29) is 0 Å². The van der Waals surface area contributed by atoms with Crippen molar-refractivity contribution in [3.63, 3.8) is 0 Å². The molecule has 0 spiro atoms. The lowest BCUT2D eigenvalue weighted by atomic mass is 10.2. The third kappa shape index (κ3) is 4.92. The second kappa shape index (κ2) is 9.94. The third-order valence-corrected chi connectivity index (χ3v) is 4.62. The standard InChI is InChI=1S/C21H24N4O2S/c1-4-20-23-24-21(28-3)25(20)22-14-17-11-12-18(19(13-17)26-5-2)27-15-16-9-7-6-8-10-16/h6-14H,4-5,15H2,1-3H3/b22-14-. The minimum atomic E-state index is 0.492. The average molecular weight is 397 g/mol. The summed E-state index contributed by atoms with van der Waals surface area (Å²) < 4.78 is 13.5. The molecule has 0 aliphatic heterocycles. The maximum Gasteiger partial charge on any atom is 0.211 e. The molecule has 7 heteroatoms. The molecule has 6 nitrogen and oxygen atoms in total. The minimum absolute atomic E-state index is 0.492. The van der Waals surface area contributed by atoms with Gasteiger partial charge in [-0.05, 0) is 42.5 Å². The summed E-state index contributed by atoms with van der Waals surface area (Å²) in [5, 5.41) is 13.6. The molecule has 0 bridgehead atoms. The molecule has 3 rings (SSSR count). The lowest BCUT2D eigenvalue weighted by Crippen LogP contribution is -2.01. The molecule has 0 amide bonds. The molecule has 28 heavy (non-hydrogen) atoms. The number of rotatable bonds is 9. The van der Waals surface area contributed by atoms with E-state index in [0.717, 1.165) is 28.5 Å². The fourth-order valence-electron chi connectivity index (χ4n) is 2.61. The first-order valence-corrected chi connectivity index (χ1v) is 10.4. The number of ether oxygens (including phenoxy) is 2. The molecular weight excluding hydrogens is 372 g/mol. The summed E-state index contributed by atoms with van der Waals surface area (Å²) in [6.45, 7) is 5.04. The van der Waals surface area contributed by atoms with Crippen LogP contribution in [0.25, 0.3) is 0 Å². The van der Waals surface area contributed by atoms with E-state index >= 15 is 0 Å². The molecule has 0 aliphatic rings. The fourth-order valence-corrected chi connectivity index (χ4v) is 3.06. The van der Waals surface area contributed by atoms with Crippen molar-refractivity contribution in [1.82, 2.24) is 14.9 Å². The van der Waals surface area contributed by atoms with Crippen molar-refractivity contribution in [2.75, 3.05) is 12.9 Å². The van der Waals surface area contributed by atoms with Crippen LogP contribution in [-0.4, -0.2) is 34.0 Å². The maximum atomic E-state index is 5.96. The van der Waals surface area contributed by atoms with Crippen LogP contribution >= 0.6 is 11.8 Å². The quantitative estimate of drug-likeness (QED) is 0.396. The van der Waals surface area contributed by atoms with Crippen LogP contribution in [0.3, 0.4) is 0 Å². The van der Waals surface area contributed by atoms with Crippen LogP contribution in [-0.2, 0) is 13.0 Å². The van der Waals surface area contributed by atoms with Gasteiger partial charge in [-0.15, -0.1) is 10.2 Å². The number of aromatic nitrogens is 3. The smallest absolute Gasteiger partial charge is 0.211 e. The molecule has 1 heterocycles. The van der Waals surface area contributed by atoms with E-state index in [1.807, 2.05) is 68.6 Å². The van der Waals surface area contributed by atoms with E-state index in [9.17, 15) is 0 Å². The van der Waals surface area contributed by atoms with Crippen molar-refractivity contribution in [1.29, 1.82) is 0 Å². The largest absolute Gasteiger partial charge is 0.490 e. The summed E-state index contributed by atoms with van der Waals surface area (Å²) in [6.07, 6.45) is 4.51. The van der Waals surface area contributed by atoms with E-state index in [1.165, 1.54) is 11.8 Å². The normalized spacial score (nSPS) is 11.1. The van der Waals surface area contributed by atoms with Gasteiger partial charge in [0.1, 0.15) is 6.61 Å². The van der Waals surface area contributed by atoms with Crippen molar-refractivity contribution >= 4 is 18.0 Å². The Hall–Kier alpha value is -2.80. The molecule has 146 valence electrons. The van der Waals surface area contributed by atoms with Gasteiger partial charge in [-0.1, -0.05) is 49.0 Å². The van der Waals surface area contributed by atoms with Gasteiger partial charge in [-0.3, -0.25) is 0 Å². The zero-order valence-electron chi connectivity index (χ0n) is 16.3. The molecule has 0 unspecified atom stereocenters. The third-order valence-electron chi connectivity index (χ3n) is 4.00. The first-order chi connectivity index (χ1) is 13.7. The van der Waals surface area contributed by atoms with Crippen LogP contribution in [0.5, 0.6) is 11.5 Å². The van der Waals surface area contributed by atoms with Gasteiger partial charge >= 0.3 is 0 Å². The SMILES string of the molecule is CCOc1cc(/C=N\n2c(CC)nnc2SC)ccc1OCc1ccccc1. The first kappa shape index (κ1) is 19.9. The Labute approximate surface area is 169 Å². The van der Waals surface area contributed by atoms with Gasteiger partial charge in [0, 0.05) is 6.42 Å². The predicted octanol–water partition coefficient (Wildman–Crippen LogP) is 4.42. The number of hydrogen-bond donors (Lipinski definition) is 0. The lowest BCUT2D eigenvalue weighted by molar-refractivity contribution is 0.269. The van der Waals surface area contributed by atoms with Crippen molar-refractivity contribution in [2.24, 2.45) is 5.10 Å². The molecule has 0 N–H and O–H groups in total. The Balaban J connectivity index is 1.79. The van der Waals surface area contributed by atoms with Crippen LogP contribution < -0.4 is 9.47 Å². The highest BCUT2D eigenvalue weighted by atomic mass is 32.2. The van der Waals surface area contributed by atoms with Crippen LogP contribution in [0.1, 0.15) is 30.8 Å². The van der Waals surface area contributed by atoms with Crippen LogP contribution in [0.15, 0.2) is 58.8 Å². The predicted molar refractivity (Wildman–Crippen MR) is 113 cm³/mol. The van der Waals surface area contributed by atoms with Gasteiger partial charge < -0.3 is 9.47 Å². The second-order valence-electron chi connectivity index (χ2n) is 5.93. The molecule has 0 atom stereocenters. The number of thioether (sulfide) groups is 1. The molecule has 3 aromatic rings. The van der Waals surface area contributed by atoms with Crippen molar-refractivity contribution in [3.05, 3.63) is 65.5 Å². The van der Waals surface area contributed by atoms with Crippen molar-refractivity contribution < 1.29 is 9.47 Å². The van der Waals surface area contributed by atoms with Crippen LogP contribution in [0.2, 0.25) is 0 Å². The molecule has 0 saturated heterocycles. The maximum absolute atomic E-state index is 5.96.